The molecule has 3 atom stereocenters. The number of rotatable bonds is 10. The highest BCUT2D eigenvalue weighted by Crippen LogP contribution is 2.40. The summed E-state index contributed by atoms with van der Waals surface area (Å²) in [6.07, 6.45) is 1.59. The molecule has 4 aromatic carbocycles. The van der Waals surface area contributed by atoms with E-state index in [0.717, 1.165) is 38.5 Å². The average Bonchev–Trinajstić information content (AvgIpc) is 3.51. The SMILES string of the molecule is Cn1cnnc1SC[C@@H]1C[C@H](c2ccc(CO)cc2)O[C@H](c2ccc(-c3ccccc3CNC(=O)c3ccccc3)cc2)O1. The molecule has 6 rings (SSSR count). The van der Waals surface area contributed by atoms with Crippen molar-refractivity contribution in [2.24, 2.45) is 7.05 Å². The molecule has 1 aromatic heterocycles. The fourth-order valence-corrected chi connectivity index (χ4v) is 6.14. The van der Waals surface area contributed by atoms with Gasteiger partial charge in [-0.3, -0.25) is 4.79 Å². The van der Waals surface area contributed by atoms with Crippen LogP contribution >= 0.6 is 11.8 Å². The molecule has 1 fully saturated rings. The predicted molar refractivity (Wildman–Crippen MR) is 170 cm³/mol. The third-order valence-electron chi connectivity index (χ3n) is 7.67. The fraction of sp³-hybridized carbons (Fsp3) is 0.229. The number of aliphatic hydroxyl groups is 1. The van der Waals surface area contributed by atoms with Crippen LogP contribution in [0.2, 0.25) is 0 Å². The summed E-state index contributed by atoms with van der Waals surface area (Å²) in [7, 11) is 1.93. The molecule has 1 amide bonds. The van der Waals surface area contributed by atoms with Gasteiger partial charge in [-0.05, 0) is 39.9 Å². The topological polar surface area (TPSA) is 98.5 Å². The number of amides is 1. The number of ether oxygens (including phenoxy) is 2. The first-order valence-corrected chi connectivity index (χ1v) is 15.5. The number of nitrogens with one attached hydrogen (secondary N) is 1. The van der Waals surface area contributed by atoms with Crippen molar-refractivity contribution in [1.82, 2.24) is 20.1 Å². The molecular formula is C35H34N4O4S. The first-order chi connectivity index (χ1) is 21.6. The van der Waals surface area contributed by atoms with Crippen molar-refractivity contribution in [2.75, 3.05) is 5.75 Å². The molecule has 1 aliphatic heterocycles. The van der Waals surface area contributed by atoms with Crippen LogP contribution in [-0.4, -0.2) is 37.6 Å². The summed E-state index contributed by atoms with van der Waals surface area (Å²) in [6.45, 7) is 0.422. The first-order valence-electron chi connectivity index (χ1n) is 14.6. The highest BCUT2D eigenvalue weighted by molar-refractivity contribution is 7.99. The van der Waals surface area contributed by atoms with Crippen LogP contribution in [0.1, 0.15) is 51.4 Å². The van der Waals surface area contributed by atoms with Gasteiger partial charge in [0.15, 0.2) is 11.4 Å². The van der Waals surface area contributed by atoms with Crippen molar-refractivity contribution in [3.8, 4) is 11.1 Å². The second-order valence-corrected chi connectivity index (χ2v) is 11.7. The minimum absolute atomic E-state index is 0.00335. The van der Waals surface area contributed by atoms with Gasteiger partial charge in [-0.25, -0.2) is 0 Å². The van der Waals surface area contributed by atoms with Crippen LogP contribution in [0.3, 0.4) is 0 Å². The number of carbonyl (C=O) groups is 1. The average molecular weight is 607 g/mol. The summed E-state index contributed by atoms with van der Waals surface area (Å²) in [5.41, 5.74) is 6.60. The van der Waals surface area contributed by atoms with E-state index in [-0.39, 0.29) is 24.7 Å². The molecule has 0 radical (unpaired) electrons. The molecule has 0 bridgehead atoms. The minimum atomic E-state index is -0.550. The van der Waals surface area contributed by atoms with Crippen LogP contribution in [0, 0.1) is 0 Å². The monoisotopic (exact) mass is 606 g/mol. The number of benzene rings is 4. The van der Waals surface area contributed by atoms with E-state index >= 15 is 0 Å². The number of aryl methyl sites for hydroxylation is 1. The van der Waals surface area contributed by atoms with E-state index in [1.54, 1.807) is 18.1 Å². The van der Waals surface area contributed by atoms with Crippen molar-refractivity contribution in [1.29, 1.82) is 0 Å². The summed E-state index contributed by atoms with van der Waals surface area (Å²) in [5.74, 6) is 0.604. The summed E-state index contributed by atoms with van der Waals surface area (Å²) in [4.78, 5) is 12.6. The molecular weight excluding hydrogens is 572 g/mol. The Morgan fingerprint density at radius 1 is 0.932 bits per heavy atom. The zero-order valence-electron chi connectivity index (χ0n) is 24.4. The lowest BCUT2D eigenvalue weighted by Gasteiger charge is -2.36. The third kappa shape index (κ3) is 7.09. The molecule has 5 aromatic rings. The maximum atomic E-state index is 12.6. The van der Waals surface area contributed by atoms with E-state index in [4.69, 9.17) is 9.47 Å². The van der Waals surface area contributed by atoms with Gasteiger partial charge in [0.05, 0.1) is 18.8 Å². The van der Waals surface area contributed by atoms with Gasteiger partial charge < -0.3 is 24.5 Å². The number of nitrogens with zero attached hydrogens (tertiary/aromatic N) is 3. The van der Waals surface area contributed by atoms with E-state index in [2.05, 4.69) is 33.7 Å². The maximum Gasteiger partial charge on any atom is 0.251 e. The Morgan fingerprint density at radius 3 is 2.39 bits per heavy atom. The highest BCUT2D eigenvalue weighted by atomic mass is 32.2. The number of aromatic nitrogens is 3. The summed E-state index contributed by atoms with van der Waals surface area (Å²) in [6, 6.07) is 33.5. The molecule has 0 unspecified atom stereocenters. The number of aliphatic hydroxyl groups excluding tert-OH is 1. The number of hydrogen-bond donors (Lipinski definition) is 2. The predicted octanol–water partition coefficient (Wildman–Crippen LogP) is 6.24. The molecule has 2 N–H and O–H groups in total. The number of carbonyl (C=O) groups excluding carboxylic acids is 1. The van der Waals surface area contributed by atoms with Crippen molar-refractivity contribution in [3.63, 3.8) is 0 Å². The minimum Gasteiger partial charge on any atom is -0.392 e. The van der Waals surface area contributed by atoms with Gasteiger partial charge in [0.25, 0.3) is 5.91 Å². The van der Waals surface area contributed by atoms with Crippen molar-refractivity contribution < 1.29 is 19.4 Å². The van der Waals surface area contributed by atoms with Crippen molar-refractivity contribution >= 4 is 17.7 Å². The zero-order valence-corrected chi connectivity index (χ0v) is 25.2. The van der Waals surface area contributed by atoms with Gasteiger partial charge >= 0.3 is 0 Å². The molecule has 44 heavy (non-hydrogen) atoms. The Balaban J connectivity index is 1.19. The number of hydrogen-bond acceptors (Lipinski definition) is 7. The third-order valence-corrected chi connectivity index (χ3v) is 8.84. The molecule has 0 saturated carbocycles. The van der Waals surface area contributed by atoms with Gasteiger partial charge in [-0.2, -0.15) is 0 Å². The van der Waals surface area contributed by atoms with Crippen molar-refractivity contribution in [3.05, 3.63) is 137 Å². The quantitative estimate of drug-likeness (QED) is 0.182. The van der Waals surface area contributed by atoms with E-state index in [1.807, 2.05) is 96.5 Å². The van der Waals surface area contributed by atoms with Crippen molar-refractivity contribution in [2.45, 2.75) is 43.2 Å². The maximum absolute atomic E-state index is 12.6. The second kappa shape index (κ2) is 14.0. The van der Waals surface area contributed by atoms with Gasteiger partial charge in [0.2, 0.25) is 0 Å². The van der Waals surface area contributed by atoms with Gasteiger partial charge in [0, 0.05) is 36.9 Å². The Morgan fingerprint density at radius 2 is 1.66 bits per heavy atom. The lowest BCUT2D eigenvalue weighted by molar-refractivity contribution is -0.245. The summed E-state index contributed by atoms with van der Waals surface area (Å²) >= 11 is 1.61. The van der Waals surface area contributed by atoms with Crippen LogP contribution in [0.15, 0.2) is 115 Å². The van der Waals surface area contributed by atoms with E-state index in [0.29, 0.717) is 24.3 Å². The van der Waals surface area contributed by atoms with Crippen LogP contribution in [0.5, 0.6) is 0 Å². The smallest absolute Gasteiger partial charge is 0.251 e. The normalized spacial score (nSPS) is 18.2. The van der Waals surface area contributed by atoms with E-state index < -0.39 is 6.29 Å². The molecule has 2 heterocycles. The van der Waals surface area contributed by atoms with E-state index in [1.165, 1.54) is 0 Å². The van der Waals surface area contributed by atoms with Crippen LogP contribution in [-0.2, 0) is 29.7 Å². The number of thioether (sulfide) groups is 1. The highest BCUT2D eigenvalue weighted by Gasteiger charge is 2.32. The molecule has 1 saturated heterocycles. The first kappa shape index (κ1) is 29.8. The lowest BCUT2D eigenvalue weighted by atomic mass is 9.97. The zero-order chi connectivity index (χ0) is 30.3. The summed E-state index contributed by atoms with van der Waals surface area (Å²) in [5, 5.41) is 21.6. The van der Waals surface area contributed by atoms with Crippen LogP contribution in [0.25, 0.3) is 11.1 Å². The molecule has 1 aliphatic rings. The van der Waals surface area contributed by atoms with Gasteiger partial charge in [-0.15, -0.1) is 10.2 Å². The second-order valence-electron chi connectivity index (χ2n) is 10.7. The van der Waals surface area contributed by atoms with Gasteiger partial charge in [-0.1, -0.05) is 103 Å². The lowest BCUT2D eigenvalue weighted by Crippen LogP contribution is -2.31. The molecule has 0 aliphatic carbocycles. The Bertz CT molecular complexity index is 1680. The molecule has 9 heteroatoms. The molecule has 8 nitrogen and oxygen atoms in total. The fourth-order valence-electron chi connectivity index (χ4n) is 5.24. The van der Waals surface area contributed by atoms with Crippen LogP contribution in [0.4, 0.5) is 0 Å². The Labute approximate surface area is 261 Å². The van der Waals surface area contributed by atoms with Gasteiger partial charge in [0.1, 0.15) is 6.33 Å². The largest absolute Gasteiger partial charge is 0.392 e. The van der Waals surface area contributed by atoms with E-state index in [9.17, 15) is 9.90 Å². The standard InChI is InChI=1S/C35H34N4O4S/c1-39-23-37-38-35(39)44-22-30-19-32(26-13-11-24(21-40)12-14-26)43-34(42-30)28-17-15-25(16-18-28)31-10-6-5-9-29(31)20-36-33(41)27-7-3-2-4-8-27/h2-18,23,30,32,34,40H,19-22H2,1H3,(H,36,41)/t30-,32+,34+/m0/s1. The molecule has 224 valence electrons. The Kier molecular flexibility index (Phi) is 9.48. The Hall–Kier alpha value is -4.28. The van der Waals surface area contributed by atoms with Crippen LogP contribution < -0.4 is 5.32 Å². The summed E-state index contributed by atoms with van der Waals surface area (Å²) < 4.78 is 14.9. The molecule has 0 spiro atoms.